The number of piperidine rings is 1. The summed E-state index contributed by atoms with van der Waals surface area (Å²) >= 11 is 0. The van der Waals surface area contributed by atoms with E-state index >= 15 is 0 Å². The Morgan fingerprint density at radius 2 is 1.62 bits per heavy atom. The highest BCUT2D eigenvalue weighted by Gasteiger charge is 2.30. The van der Waals surface area contributed by atoms with Crippen LogP contribution in [-0.4, -0.2) is 61.4 Å². The van der Waals surface area contributed by atoms with Crippen LogP contribution in [0.4, 0.5) is 0 Å². The number of hydrogen-bond donors (Lipinski definition) is 3. The van der Waals surface area contributed by atoms with Crippen molar-refractivity contribution in [3.8, 4) is 16.9 Å². The van der Waals surface area contributed by atoms with Crippen molar-refractivity contribution in [2.24, 2.45) is 11.7 Å². The van der Waals surface area contributed by atoms with Crippen LogP contribution in [0.5, 0.6) is 5.75 Å². The lowest BCUT2D eigenvalue weighted by molar-refractivity contribution is -0.156. The summed E-state index contributed by atoms with van der Waals surface area (Å²) in [5, 5.41) is 10.6. The van der Waals surface area contributed by atoms with Gasteiger partial charge in [-0.2, -0.15) is 0 Å². The third kappa shape index (κ3) is 7.72. The Labute approximate surface area is 235 Å². The van der Waals surface area contributed by atoms with Crippen molar-refractivity contribution in [3.63, 3.8) is 0 Å². The minimum absolute atomic E-state index is 0. The molecule has 1 heterocycles. The van der Waals surface area contributed by atoms with Crippen molar-refractivity contribution in [3.05, 3.63) is 53.6 Å². The van der Waals surface area contributed by atoms with Crippen molar-refractivity contribution < 1.29 is 23.9 Å². The van der Waals surface area contributed by atoms with Crippen LogP contribution in [0, 0.1) is 11.3 Å². The van der Waals surface area contributed by atoms with Gasteiger partial charge in [-0.05, 0) is 68.2 Å². The zero-order valence-corrected chi connectivity index (χ0v) is 23.1. The zero-order chi connectivity index (χ0) is 27.1. The summed E-state index contributed by atoms with van der Waals surface area (Å²) in [5.74, 6) is -0.465. The van der Waals surface area contributed by atoms with E-state index in [-0.39, 0.29) is 54.6 Å². The molecule has 1 saturated carbocycles. The molecule has 2 aromatic carbocycles. The second-order valence-corrected chi connectivity index (χ2v) is 9.98. The number of rotatable bonds is 8. The predicted molar refractivity (Wildman–Crippen MR) is 151 cm³/mol. The van der Waals surface area contributed by atoms with Crippen LogP contribution in [-0.2, 0) is 14.3 Å². The number of nitrogens with zero attached hydrogens (tertiary/aromatic N) is 1. The van der Waals surface area contributed by atoms with Crippen molar-refractivity contribution in [1.82, 2.24) is 10.2 Å². The van der Waals surface area contributed by atoms with E-state index in [2.05, 4.69) is 5.32 Å². The molecule has 2 aromatic rings. The number of amidine groups is 1. The Morgan fingerprint density at radius 1 is 0.974 bits per heavy atom. The molecule has 0 radical (unpaired) electrons. The van der Waals surface area contributed by atoms with Gasteiger partial charge in [-0.1, -0.05) is 30.3 Å². The smallest absolute Gasteiger partial charge is 0.309 e. The van der Waals surface area contributed by atoms with E-state index in [0.717, 1.165) is 43.5 Å². The Hall–Kier alpha value is -3.59. The van der Waals surface area contributed by atoms with E-state index in [1.54, 1.807) is 29.2 Å². The van der Waals surface area contributed by atoms with Gasteiger partial charge in [-0.3, -0.25) is 19.8 Å². The highest BCUT2D eigenvalue weighted by Crippen LogP contribution is 2.29. The summed E-state index contributed by atoms with van der Waals surface area (Å²) < 4.78 is 10.8. The molecule has 2 fully saturated rings. The molecular weight excluding hydrogens is 520 g/mol. The standard InChI is InChI=1S/C29H36N4O5.ClH/c1-37-25-14-11-22(19-5-7-20(8-6-19)27(30)31)17-24(25)28(35)32-23-12-9-21(10-13-23)29(36)38-18-26(34)33-15-3-2-4-16-33;/h5-8,11,14,17,21,23H,2-4,9-10,12-13,15-16,18H2,1H3,(H3,30,31)(H,32,35);1H/t21-,23-;. The third-order valence-corrected chi connectivity index (χ3v) is 7.42. The number of benzene rings is 2. The van der Waals surface area contributed by atoms with Gasteiger partial charge < -0.3 is 25.4 Å². The van der Waals surface area contributed by atoms with Gasteiger partial charge in [-0.15, -0.1) is 12.4 Å². The maximum atomic E-state index is 13.2. The summed E-state index contributed by atoms with van der Waals surface area (Å²) in [6, 6.07) is 12.6. The molecule has 9 nitrogen and oxygen atoms in total. The van der Waals surface area contributed by atoms with Crippen LogP contribution in [0.3, 0.4) is 0 Å². The molecule has 0 atom stereocenters. The lowest BCUT2D eigenvalue weighted by Crippen LogP contribution is -2.40. The van der Waals surface area contributed by atoms with Crippen LogP contribution in [0.2, 0.25) is 0 Å². The number of esters is 1. The SMILES string of the molecule is COc1ccc(-c2ccc(C(=N)N)cc2)cc1C(=O)N[C@H]1CC[C@H](C(=O)OCC(=O)N2CCCCC2)CC1.Cl. The van der Waals surface area contributed by atoms with Crippen LogP contribution in [0.15, 0.2) is 42.5 Å². The number of hydrogen-bond acceptors (Lipinski definition) is 6. The molecule has 210 valence electrons. The molecule has 10 heteroatoms. The lowest BCUT2D eigenvalue weighted by atomic mass is 9.86. The number of amides is 2. The molecule has 39 heavy (non-hydrogen) atoms. The summed E-state index contributed by atoms with van der Waals surface area (Å²) in [4.78, 5) is 39.8. The van der Waals surface area contributed by atoms with E-state index in [4.69, 9.17) is 20.6 Å². The maximum absolute atomic E-state index is 13.2. The first-order valence-electron chi connectivity index (χ1n) is 13.2. The number of ether oxygens (including phenoxy) is 2. The average molecular weight is 557 g/mol. The van der Waals surface area contributed by atoms with Gasteiger partial charge in [0.1, 0.15) is 11.6 Å². The van der Waals surface area contributed by atoms with Gasteiger partial charge in [0.05, 0.1) is 18.6 Å². The number of carbonyl (C=O) groups is 3. The van der Waals surface area contributed by atoms with Crippen LogP contribution in [0.1, 0.15) is 60.9 Å². The van der Waals surface area contributed by atoms with Crippen molar-refractivity contribution in [2.75, 3.05) is 26.8 Å². The maximum Gasteiger partial charge on any atom is 0.309 e. The minimum atomic E-state index is -0.328. The summed E-state index contributed by atoms with van der Waals surface area (Å²) in [7, 11) is 1.53. The molecule has 2 aliphatic rings. The number of carbonyl (C=O) groups excluding carboxylic acids is 3. The highest BCUT2D eigenvalue weighted by molar-refractivity contribution is 5.99. The second-order valence-electron chi connectivity index (χ2n) is 9.98. The molecule has 1 aliphatic carbocycles. The first-order chi connectivity index (χ1) is 18.4. The Bertz CT molecular complexity index is 1170. The average Bonchev–Trinajstić information content (AvgIpc) is 2.96. The van der Waals surface area contributed by atoms with Gasteiger partial charge in [0.15, 0.2) is 6.61 Å². The number of nitrogens with two attached hydrogens (primary N) is 1. The predicted octanol–water partition coefficient (Wildman–Crippen LogP) is 3.91. The Kier molecular flexibility index (Phi) is 10.7. The summed E-state index contributed by atoms with van der Waals surface area (Å²) in [6.07, 6.45) is 5.64. The van der Waals surface area contributed by atoms with E-state index in [1.807, 2.05) is 18.2 Å². The van der Waals surface area contributed by atoms with Crippen molar-refractivity contribution >= 4 is 36.0 Å². The van der Waals surface area contributed by atoms with Gasteiger partial charge in [-0.25, -0.2) is 0 Å². The molecule has 2 amide bonds. The lowest BCUT2D eigenvalue weighted by Gasteiger charge is -2.29. The van der Waals surface area contributed by atoms with Crippen molar-refractivity contribution in [1.29, 1.82) is 5.41 Å². The van der Waals surface area contributed by atoms with E-state index in [0.29, 0.717) is 42.6 Å². The van der Waals surface area contributed by atoms with E-state index < -0.39 is 0 Å². The molecular formula is C29H37ClN4O5. The first-order valence-corrected chi connectivity index (χ1v) is 13.2. The number of nitrogen functional groups attached to an aromatic ring is 1. The number of methoxy groups -OCH3 is 1. The summed E-state index contributed by atoms with van der Waals surface area (Å²) in [5.41, 5.74) is 8.35. The zero-order valence-electron chi connectivity index (χ0n) is 22.2. The first kappa shape index (κ1) is 30.0. The molecule has 0 unspecified atom stereocenters. The Morgan fingerprint density at radius 3 is 2.23 bits per heavy atom. The normalized spacial score (nSPS) is 18.8. The van der Waals surface area contributed by atoms with Crippen molar-refractivity contribution in [2.45, 2.75) is 51.0 Å². The number of halogens is 1. The highest BCUT2D eigenvalue weighted by atomic mass is 35.5. The largest absolute Gasteiger partial charge is 0.496 e. The summed E-state index contributed by atoms with van der Waals surface area (Å²) in [6.45, 7) is 1.28. The monoisotopic (exact) mass is 556 g/mol. The number of nitrogens with one attached hydrogen (secondary N) is 2. The van der Waals surface area contributed by atoms with E-state index in [1.165, 1.54) is 7.11 Å². The molecule has 1 saturated heterocycles. The van der Waals surface area contributed by atoms with Crippen LogP contribution in [0.25, 0.3) is 11.1 Å². The Balaban J connectivity index is 0.00000420. The fraction of sp³-hybridized carbons (Fsp3) is 0.448. The minimum Gasteiger partial charge on any atom is -0.496 e. The molecule has 0 bridgehead atoms. The van der Waals surface area contributed by atoms with Crippen LogP contribution >= 0.6 is 12.4 Å². The fourth-order valence-corrected chi connectivity index (χ4v) is 5.13. The molecule has 4 rings (SSSR count). The quantitative estimate of drug-likeness (QED) is 0.256. The van der Waals surface area contributed by atoms with Gasteiger partial charge in [0.2, 0.25) is 0 Å². The van der Waals surface area contributed by atoms with Crippen LogP contribution < -0.4 is 15.8 Å². The third-order valence-electron chi connectivity index (χ3n) is 7.42. The topological polar surface area (TPSA) is 135 Å². The van der Waals surface area contributed by atoms with Gasteiger partial charge >= 0.3 is 5.97 Å². The van der Waals surface area contributed by atoms with Gasteiger partial charge in [0, 0.05) is 24.7 Å². The molecule has 4 N–H and O–H groups in total. The number of likely N-dealkylation sites (tertiary alicyclic amines) is 1. The molecule has 0 spiro atoms. The van der Waals surface area contributed by atoms with E-state index in [9.17, 15) is 14.4 Å². The molecule has 0 aromatic heterocycles. The molecule has 1 aliphatic heterocycles. The fourth-order valence-electron chi connectivity index (χ4n) is 5.13. The van der Waals surface area contributed by atoms with Gasteiger partial charge in [0.25, 0.3) is 11.8 Å². The second kappa shape index (κ2) is 14.0.